The summed E-state index contributed by atoms with van der Waals surface area (Å²) in [6.45, 7) is 5.18. The van der Waals surface area contributed by atoms with Crippen LogP contribution in [0.4, 0.5) is 0 Å². The van der Waals surface area contributed by atoms with Gasteiger partial charge < -0.3 is 10.2 Å². The number of benzene rings is 1. The maximum Gasteiger partial charge on any atom is 0.251 e. The molecule has 2 aliphatic rings. The molecular formula is C16H22N2O. The van der Waals surface area contributed by atoms with E-state index in [1.165, 1.54) is 32.4 Å². The highest BCUT2D eigenvalue weighted by Gasteiger charge is 2.34. The molecule has 0 bridgehead atoms. The molecule has 1 aliphatic carbocycles. The molecule has 1 aromatic carbocycles. The average Bonchev–Trinajstić information content (AvgIpc) is 3.16. The molecule has 2 fully saturated rings. The van der Waals surface area contributed by atoms with Gasteiger partial charge in [0.05, 0.1) is 0 Å². The zero-order valence-electron chi connectivity index (χ0n) is 11.6. The zero-order valence-corrected chi connectivity index (χ0v) is 11.6. The number of nitrogens with one attached hydrogen (secondary N) is 1. The number of carbonyl (C=O) groups excluding carboxylic acids is 1. The number of carbonyl (C=O) groups is 1. The minimum Gasteiger partial charge on any atom is -0.352 e. The Balaban J connectivity index is 1.50. The molecule has 102 valence electrons. The number of nitrogens with zero attached hydrogens (tertiary/aromatic N) is 1. The number of likely N-dealkylation sites (tertiary alicyclic amines) is 1. The topological polar surface area (TPSA) is 32.3 Å². The molecule has 1 N–H and O–H groups in total. The van der Waals surface area contributed by atoms with Crippen molar-refractivity contribution in [3.8, 4) is 0 Å². The summed E-state index contributed by atoms with van der Waals surface area (Å²) >= 11 is 0. The van der Waals surface area contributed by atoms with Crippen LogP contribution in [-0.2, 0) is 0 Å². The minimum absolute atomic E-state index is 0.0722. The Bertz CT molecular complexity index is 468. The van der Waals surface area contributed by atoms with Crippen molar-refractivity contribution >= 4 is 5.91 Å². The van der Waals surface area contributed by atoms with Crippen molar-refractivity contribution in [1.29, 1.82) is 0 Å². The maximum absolute atomic E-state index is 12.1. The van der Waals surface area contributed by atoms with Crippen LogP contribution in [0.25, 0.3) is 0 Å². The number of hydrogen-bond donors (Lipinski definition) is 1. The molecule has 0 spiro atoms. The van der Waals surface area contributed by atoms with Crippen LogP contribution >= 0.6 is 0 Å². The van der Waals surface area contributed by atoms with Crippen molar-refractivity contribution in [3.63, 3.8) is 0 Å². The smallest absolute Gasteiger partial charge is 0.251 e. The SMILES string of the molecule is Cc1ccccc1C(=O)NC[C@@H]1CCN(C2CC2)C1. The predicted octanol–water partition coefficient (Wildman–Crippen LogP) is 2.21. The van der Waals surface area contributed by atoms with Crippen LogP contribution in [0.5, 0.6) is 0 Å². The van der Waals surface area contributed by atoms with E-state index in [9.17, 15) is 4.79 Å². The molecule has 0 unspecified atom stereocenters. The summed E-state index contributed by atoms with van der Waals surface area (Å²) in [5.41, 5.74) is 1.85. The van der Waals surface area contributed by atoms with Gasteiger partial charge in [-0.1, -0.05) is 18.2 Å². The Hall–Kier alpha value is -1.35. The molecule has 3 rings (SSSR count). The Kier molecular flexibility index (Phi) is 3.56. The quantitative estimate of drug-likeness (QED) is 0.898. The van der Waals surface area contributed by atoms with E-state index in [0.717, 1.165) is 23.7 Å². The highest BCUT2D eigenvalue weighted by molar-refractivity contribution is 5.95. The first kappa shape index (κ1) is 12.7. The van der Waals surface area contributed by atoms with Crippen molar-refractivity contribution in [1.82, 2.24) is 10.2 Å². The first-order chi connectivity index (χ1) is 9.24. The van der Waals surface area contributed by atoms with E-state index < -0.39 is 0 Å². The number of amides is 1. The molecule has 3 heteroatoms. The molecule has 19 heavy (non-hydrogen) atoms. The summed E-state index contributed by atoms with van der Waals surface area (Å²) in [6, 6.07) is 8.63. The van der Waals surface area contributed by atoms with Gasteiger partial charge in [-0.05, 0) is 50.3 Å². The van der Waals surface area contributed by atoms with E-state index in [1.807, 2.05) is 31.2 Å². The van der Waals surface area contributed by atoms with Crippen LogP contribution in [0.15, 0.2) is 24.3 Å². The Morgan fingerprint density at radius 3 is 2.84 bits per heavy atom. The van der Waals surface area contributed by atoms with Crippen molar-refractivity contribution < 1.29 is 4.79 Å². The molecule has 1 aliphatic heterocycles. The third kappa shape index (κ3) is 2.98. The molecule has 1 aromatic rings. The fourth-order valence-electron chi connectivity index (χ4n) is 2.96. The van der Waals surface area contributed by atoms with Gasteiger partial charge in [0.2, 0.25) is 0 Å². The van der Waals surface area contributed by atoms with E-state index in [2.05, 4.69) is 10.2 Å². The summed E-state index contributed by atoms with van der Waals surface area (Å²) in [7, 11) is 0. The first-order valence-electron chi connectivity index (χ1n) is 7.32. The third-order valence-corrected chi connectivity index (χ3v) is 4.32. The van der Waals surface area contributed by atoms with Gasteiger partial charge in [0, 0.05) is 24.7 Å². The molecule has 1 saturated heterocycles. The highest BCUT2D eigenvalue weighted by atomic mass is 16.1. The monoisotopic (exact) mass is 258 g/mol. The molecular weight excluding hydrogens is 236 g/mol. The van der Waals surface area contributed by atoms with Gasteiger partial charge in [0.25, 0.3) is 5.91 Å². The lowest BCUT2D eigenvalue weighted by atomic mass is 10.1. The van der Waals surface area contributed by atoms with E-state index >= 15 is 0 Å². The largest absolute Gasteiger partial charge is 0.352 e. The molecule has 1 heterocycles. The lowest BCUT2D eigenvalue weighted by Crippen LogP contribution is -2.31. The van der Waals surface area contributed by atoms with Gasteiger partial charge in [-0.15, -0.1) is 0 Å². The second kappa shape index (κ2) is 5.33. The van der Waals surface area contributed by atoms with E-state index in [4.69, 9.17) is 0 Å². The lowest BCUT2D eigenvalue weighted by molar-refractivity contribution is 0.0946. The number of aryl methyl sites for hydroxylation is 1. The Morgan fingerprint density at radius 1 is 1.32 bits per heavy atom. The summed E-state index contributed by atoms with van der Waals surface area (Å²) in [6.07, 6.45) is 3.98. The average molecular weight is 258 g/mol. The van der Waals surface area contributed by atoms with Crippen LogP contribution in [0.1, 0.15) is 35.2 Å². The first-order valence-corrected chi connectivity index (χ1v) is 7.32. The van der Waals surface area contributed by atoms with Crippen molar-refractivity contribution in [2.24, 2.45) is 5.92 Å². The zero-order chi connectivity index (χ0) is 13.2. The van der Waals surface area contributed by atoms with Gasteiger partial charge in [-0.2, -0.15) is 0 Å². The summed E-state index contributed by atoms with van der Waals surface area (Å²) < 4.78 is 0. The summed E-state index contributed by atoms with van der Waals surface area (Å²) in [4.78, 5) is 14.7. The Labute approximate surface area is 115 Å². The second-order valence-corrected chi connectivity index (χ2v) is 5.91. The lowest BCUT2D eigenvalue weighted by Gasteiger charge is -2.15. The van der Waals surface area contributed by atoms with Crippen LogP contribution in [0.2, 0.25) is 0 Å². The van der Waals surface area contributed by atoms with Crippen LogP contribution < -0.4 is 5.32 Å². The molecule has 3 nitrogen and oxygen atoms in total. The van der Waals surface area contributed by atoms with Crippen LogP contribution in [-0.4, -0.2) is 36.5 Å². The van der Waals surface area contributed by atoms with Gasteiger partial charge in [0.1, 0.15) is 0 Å². The fraction of sp³-hybridized carbons (Fsp3) is 0.562. The van der Waals surface area contributed by atoms with Gasteiger partial charge in [-0.3, -0.25) is 4.79 Å². The van der Waals surface area contributed by atoms with Crippen LogP contribution in [0.3, 0.4) is 0 Å². The van der Waals surface area contributed by atoms with Gasteiger partial charge in [-0.25, -0.2) is 0 Å². The van der Waals surface area contributed by atoms with Crippen molar-refractivity contribution in [2.75, 3.05) is 19.6 Å². The summed E-state index contributed by atoms with van der Waals surface area (Å²) in [5.74, 6) is 0.705. The number of rotatable bonds is 4. The molecule has 0 aromatic heterocycles. The molecule has 1 atom stereocenters. The third-order valence-electron chi connectivity index (χ3n) is 4.32. The maximum atomic E-state index is 12.1. The van der Waals surface area contributed by atoms with Gasteiger partial charge >= 0.3 is 0 Å². The van der Waals surface area contributed by atoms with Crippen molar-refractivity contribution in [3.05, 3.63) is 35.4 Å². The second-order valence-electron chi connectivity index (χ2n) is 5.91. The standard InChI is InChI=1S/C16H22N2O/c1-12-4-2-3-5-15(12)16(19)17-10-13-8-9-18(11-13)14-6-7-14/h2-5,13-14H,6-11H2,1H3,(H,17,19)/t13-/m0/s1. The molecule has 1 amide bonds. The molecule has 0 radical (unpaired) electrons. The number of hydrogen-bond acceptors (Lipinski definition) is 2. The van der Waals surface area contributed by atoms with E-state index in [1.54, 1.807) is 0 Å². The normalized spacial score (nSPS) is 23.5. The molecule has 1 saturated carbocycles. The van der Waals surface area contributed by atoms with Gasteiger partial charge in [0.15, 0.2) is 0 Å². The summed E-state index contributed by atoms with van der Waals surface area (Å²) in [5, 5.41) is 3.10. The van der Waals surface area contributed by atoms with E-state index in [0.29, 0.717) is 5.92 Å². The van der Waals surface area contributed by atoms with E-state index in [-0.39, 0.29) is 5.91 Å². The fourth-order valence-corrected chi connectivity index (χ4v) is 2.96. The van der Waals surface area contributed by atoms with Crippen LogP contribution in [0, 0.1) is 12.8 Å². The van der Waals surface area contributed by atoms with Crippen molar-refractivity contribution in [2.45, 2.75) is 32.2 Å². The highest BCUT2D eigenvalue weighted by Crippen LogP contribution is 2.31. The minimum atomic E-state index is 0.0722. The predicted molar refractivity (Wildman–Crippen MR) is 76.2 cm³/mol. The Morgan fingerprint density at radius 2 is 2.11 bits per heavy atom.